The van der Waals surface area contributed by atoms with E-state index in [4.69, 9.17) is 9.26 Å². The molecule has 6 nitrogen and oxygen atoms in total. The van der Waals surface area contributed by atoms with Crippen LogP contribution in [0.2, 0.25) is 0 Å². The third-order valence-electron chi connectivity index (χ3n) is 2.62. The second-order valence-corrected chi connectivity index (χ2v) is 4.25. The Morgan fingerprint density at radius 2 is 2.05 bits per heavy atom. The lowest BCUT2D eigenvalue weighted by Gasteiger charge is -2.09. The van der Waals surface area contributed by atoms with E-state index in [1.54, 1.807) is 20.2 Å². The second kappa shape index (κ2) is 5.51. The van der Waals surface area contributed by atoms with E-state index >= 15 is 0 Å². The summed E-state index contributed by atoms with van der Waals surface area (Å²) in [6, 6.07) is 7.25. The van der Waals surface area contributed by atoms with E-state index in [9.17, 15) is 9.59 Å². The number of amides is 1. The summed E-state index contributed by atoms with van der Waals surface area (Å²) in [4.78, 5) is 24.2. The highest BCUT2D eigenvalue weighted by Gasteiger charge is 2.14. The summed E-state index contributed by atoms with van der Waals surface area (Å²) in [5.74, 6) is -0.771. The molecule has 0 aliphatic carbocycles. The first-order valence-corrected chi connectivity index (χ1v) is 5.77. The number of benzene rings is 1. The molecule has 1 amide bonds. The van der Waals surface area contributed by atoms with Gasteiger partial charge >= 0.3 is 5.97 Å². The molecule has 0 aliphatic rings. The average molecular weight is 262 g/mol. The van der Waals surface area contributed by atoms with Crippen molar-refractivity contribution in [2.75, 3.05) is 20.7 Å². The number of likely N-dealkylation sites (N-methyl/N-ethyl adjacent to an activating group) is 1. The summed E-state index contributed by atoms with van der Waals surface area (Å²) in [6.07, 6.45) is -0.0161. The van der Waals surface area contributed by atoms with Crippen LogP contribution in [0.4, 0.5) is 0 Å². The molecule has 19 heavy (non-hydrogen) atoms. The van der Waals surface area contributed by atoms with Crippen LogP contribution in [-0.2, 0) is 20.7 Å². The van der Waals surface area contributed by atoms with Crippen molar-refractivity contribution in [1.29, 1.82) is 0 Å². The lowest BCUT2D eigenvalue weighted by Crippen LogP contribution is -2.27. The summed E-state index contributed by atoms with van der Waals surface area (Å²) in [7, 11) is 3.20. The Kier molecular flexibility index (Phi) is 3.79. The van der Waals surface area contributed by atoms with Crippen LogP contribution >= 0.6 is 0 Å². The van der Waals surface area contributed by atoms with E-state index in [1.807, 2.05) is 18.2 Å². The van der Waals surface area contributed by atoms with Gasteiger partial charge in [0, 0.05) is 19.5 Å². The van der Waals surface area contributed by atoms with Gasteiger partial charge in [-0.3, -0.25) is 9.59 Å². The first-order chi connectivity index (χ1) is 9.08. The van der Waals surface area contributed by atoms with Crippen molar-refractivity contribution in [2.45, 2.75) is 6.42 Å². The molecule has 0 aliphatic heterocycles. The van der Waals surface area contributed by atoms with Crippen LogP contribution in [0.1, 0.15) is 5.69 Å². The normalized spacial score (nSPS) is 10.4. The van der Waals surface area contributed by atoms with Gasteiger partial charge in [-0.15, -0.1) is 0 Å². The Bertz CT molecular complexity index is 603. The maximum Gasteiger partial charge on any atom is 0.312 e. The molecule has 1 aromatic carbocycles. The number of hydrogen-bond donors (Lipinski definition) is 0. The lowest BCUT2D eigenvalue weighted by atomic mass is 10.2. The van der Waals surface area contributed by atoms with E-state index < -0.39 is 5.97 Å². The van der Waals surface area contributed by atoms with Crippen molar-refractivity contribution in [1.82, 2.24) is 10.1 Å². The number of esters is 1. The molecule has 0 saturated heterocycles. The van der Waals surface area contributed by atoms with Crippen LogP contribution < -0.4 is 0 Å². The van der Waals surface area contributed by atoms with Crippen molar-refractivity contribution < 1.29 is 18.8 Å². The van der Waals surface area contributed by atoms with Crippen LogP contribution in [0.3, 0.4) is 0 Å². The lowest BCUT2D eigenvalue weighted by molar-refractivity contribution is -0.150. The highest BCUT2D eigenvalue weighted by molar-refractivity contribution is 5.85. The Morgan fingerprint density at radius 1 is 1.32 bits per heavy atom. The second-order valence-electron chi connectivity index (χ2n) is 4.25. The van der Waals surface area contributed by atoms with Crippen LogP contribution in [0.25, 0.3) is 11.0 Å². The number of para-hydroxylation sites is 1. The van der Waals surface area contributed by atoms with Crippen LogP contribution in [0, 0.1) is 0 Å². The number of nitrogens with zero attached hydrogens (tertiary/aromatic N) is 2. The zero-order valence-corrected chi connectivity index (χ0v) is 10.8. The highest BCUT2D eigenvalue weighted by atomic mass is 16.5. The summed E-state index contributed by atoms with van der Waals surface area (Å²) in [5.41, 5.74) is 1.13. The Morgan fingerprint density at radius 3 is 2.79 bits per heavy atom. The minimum absolute atomic E-state index is 0.0161. The third kappa shape index (κ3) is 3.09. The molecular formula is C13H14N2O4. The topological polar surface area (TPSA) is 72.6 Å². The van der Waals surface area contributed by atoms with Gasteiger partial charge in [0.05, 0.1) is 6.42 Å². The van der Waals surface area contributed by atoms with Gasteiger partial charge in [0.25, 0.3) is 5.91 Å². The molecule has 100 valence electrons. The molecule has 0 atom stereocenters. The van der Waals surface area contributed by atoms with Crippen LogP contribution in [0.15, 0.2) is 28.8 Å². The molecule has 0 N–H and O–H groups in total. The molecule has 2 rings (SSSR count). The van der Waals surface area contributed by atoms with Gasteiger partial charge in [0.2, 0.25) is 0 Å². The summed E-state index contributed by atoms with van der Waals surface area (Å²) >= 11 is 0. The van der Waals surface area contributed by atoms with Gasteiger partial charge in [-0.25, -0.2) is 0 Å². The quantitative estimate of drug-likeness (QED) is 0.769. The molecule has 0 radical (unpaired) electrons. The third-order valence-corrected chi connectivity index (χ3v) is 2.62. The zero-order valence-electron chi connectivity index (χ0n) is 10.8. The fourth-order valence-corrected chi connectivity index (χ4v) is 1.52. The number of hydrogen-bond acceptors (Lipinski definition) is 5. The SMILES string of the molecule is CN(C)C(=O)COC(=O)Cc1noc2ccccc12. The van der Waals surface area contributed by atoms with Crippen molar-refractivity contribution in [3.05, 3.63) is 30.0 Å². The highest BCUT2D eigenvalue weighted by Crippen LogP contribution is 2.18. The molecule has 6 heteroatoms. The number of carbonyl (C=O) groups excluding carboxylic acids is 2. The predicted molar refractivity (Wildman–Crippen MR) is 67.4 cm³/mol. The minimum atomic E-state index is -0.505. The molecular weight excluding hydrogens is 248 g/mol. The minimum Gasteiger partial charge on any atom is -0.455 e. The summed E-state index contributed by atoms with van der Waals surface area (Å²) in [6.45, 7) is -0.262. The molecule has 0 unspecified atom stereocenters. The number of fused-ring (bicyclic) bond motifs is 1. The Balaban J connectivity index is 1.97. The molecule has 1 heterocycles. The smallest absolute Gasteiger partial charge is 0.312 e. The van der Waals surface area contributed by atoms with E-state index in [1.165, 1.54) is 4.90 Å². The van der Waals surface area contributed by atoms with Gasteiger partial charge in [0.15, 0.2) is 12.2 Å². The first kappa shape index (κ1) is 13.1. The predicted octanol–water partition coefficient (Wildman–Crippen LogP) is 1.00. The summed E-state index contributed by atoms with van der Waals surface area (Å²) < 4.78 is 9.96. The molecule has 0 saturated carbocycles. The molecule has 1 aromatic heterocycles. The molecule has 0 spiro atoms. The Labute approximate surface area is 109 Å². The van der Waals surface area contributed by atoms with E-state index in [2.05, 4.69) is 5.16 Å². The zero-order chi connectivity index (χ0) is 13.8. The standard InChI is InChI=1S/C13H14N2O4/c1-15(2)12(16)8-18-13(17)7-10-9-5-3-4-6-11(9)19-14-10/h3-6H,7-8H2,1-2H3. The number of ether oxygens (including phenoxy) is 1. The van der Waals surface area contributed by atoms with Gasteiger partial charge < -0.3 is 14.2 Å². The molecule has 0 bridgehead atoms. The number of carbonyl (C=O) groups is 2. The molecule has 0 fully saturated rings. The van der Waals surface area contributed by atoms with Gasteiger partial charge in [-0.2, -0.15) is 0 Å². The van der Waals surface area contributed by atoms with Crippen molar-refractivity contribution in [2.24, 2.45) is 0 Å². The maximum atomic E-state index is 11.6. The van der Waals surface area contributed by atoms with Crippen molar-refractivity contribution >= 4 is 22.8 Å². The first-order valence-electron chi connectivity index (χ1n) is 5.77. The van der Waals surface area contributed by atoms with E-state index in [-0.39, 0.29) is 18.9 Å². The fraction of sp³-hybridized carbons (Fsp3) is 0.308. The Hall–Kier alpha value is -2.37. The van der Waals surface area contributed by atoms with Gasteiger partial charge in [-0.05, 0) is 12.1 Å². The van der Waals surface area contributed by atoms with Crippen molar-refractivity contribution in [3.8, 4) is 0 Å². The van der Waals surface area contributed by atoms with Gasteiger partial charge in [-0.1, -0.05) is 17.3 Å². The number of aromatic nitrogens is 1. The maximum absolute atomic E-state index is 11.6. The largest absolute Gasteiger partial charge is 0.455 e. The van der Waals surface area contributed by atoms with E-state index in [0.29, 0.717) is 11.3 Å². The fourth-order valence-electron chi connectivity index (χ4n) is 1.52. The monoisotopic (exact) mass is 262 g/mol. The molecule has 2 aromatic rings. The van der Waals surface area contributed by atoms with Crippen LogP contribution in [0.5, 0.6) is 0 Å². The van der Waals surface area contributed by atoms with Crippen molar-refractivity contribution in [3.63, 3.8) is 0 Å². The number of rotatable bonds is 4. The van der Waals surface area contributed by atoms with E-state index in [0.717, 1.165) is 5.39 Å². The summed E-state index contributed by atoms with van der Waals surface area (Å²) in [5, 5.41) is 4.60. The van der Waals surface area contributed by atoms with Crippen LogP contribution in [-0.4, -0.2) is 42.6 Å². The average Bonchev–Trinajstić information content (AvgIpc) is 2.79. The van der Waals surface area contributed by atoms with Gasteiger partial charge in [0.1, 0.15) is 5.69 Å².